The summed E-state index contributed by atoms with van der Waals surface area (Å²) in [6.07, 6.45) is 0. The number of hydrogen-bond acceptors (Lipinski definition) is 3. The third-order valence-electron chi connectivity index (χ3n) is 2.99. The molecule has 0 unspecified atom stereocenters. The molecule has 21 heavy (non-hydrogen) atoms. The number of carbonyl (C=O) groups excluding carboxylic acids is 1. The summed E-state index contributed by atoms with van der Waals surface area (Å²) < 4.78 is 7.31. The lowest BCUT2D eigenvalue weighted by atomic mass is 9.91. The number of ether oxygens (including phenoxy) is 1. The normalized spacial score (nSPS) is 11.7. The fourth-order valence-electron chi connectivity index (χ4n) is 1.66. The van der Waals surface area contributed by atoms with E-state index < -0.39 is 5.41 Å². The first kappa shape index (κ1) is 16.7. The molecule has 0 N–H and O–H groups in total. The zero-order valence-electron chi connectivity index (χ0n) is 11.8. The van der Waals surface area contributed by atoms with Crippen LogP contribution in [0.5, 0.6) is 5.75 Å². The maximum absolute atomic E-state index is 12.0. The van der Waals surface area contributed by atoms with Gasteiger partial charge in [0.15, 0.2) is 11.5 Å². The van der Waals surface area contributed by atoms with Crippen molar-refractivity contribution >= 4 is 60.1 Å². The van der Waals surface area contributed by atoms with E-state index in [1.807, 2.05) is 32.9 Å². The SMILES string of the molecule is CC(C)(C)C(=O)COc1c(Br)cc(Br)c2ccc(Cl)nc12. The highest BCUT2D eigenvalue weighted by molar-refractivity contribution is 9.11. The van der Waals surface area contributed by atoms with E-state index >= 15 is 0 Å². The Morgan fingerprint density at radius 1 is 1.29 bits per heavy atom. The van der Waals surface area contributed by atoms with Crippen molar-refractivity contribution in [3.05, 3.63) is 32.3 Å². The summed E-state index contributed by atoms with van der Waals surface area (Å²) in [6.45, 7) is 5.58. The Kier molecular flexibility index (Phi) is 4.96. The van der Waals surface area contributed by atoms with Crippen LogP contribution in [-0.4, -0.2) is 17.4 Å². The van der Waals surface area contributed by atoms with Gasteiger partial charge in [-0.1, -0.05) is 48.3 Å². The summed E-state index contributed by atoms with van der Waals surface area (Å²) in [5, 5.41) is 1.25. The van der Waals surface area contributed by atoms with Crippen LogP contribution in [0.4, 0.5) is 0 Å². The van der Waals surface area contributed by atoms with Gasteiger partial charge in [0.05, 0.1) is 4.47 Å². The molecule has 2 aromatic rings. The Bertz CT molecular complexity index is 711. The van der Waals surface area contributed by atoms with Crippen LogP contribution in [0.15, 0.2) is 27.1 Å². The minimum Gasteiger partial charge on any atom is -0.482 e. The predicted octanol–water partition coefficient (Wildman–Crippen LogP) is 5.41. The average molecular weight is 436 g/mol. The summed E-state index contributed by atoms with van der Waals surface area (Å²) in [6, 6.07) is 5.45. The van der Waals surface area contributed by atoms with Crippen LogP contribution in [0.3, 0.4) is 0 Å². The van der Waals surface area contributed by atoms with Crippen molar-refractivity contribution < 1.29 is 9.53 Å². The second kappa shape index (κ2) is 6.23. The highest BCUT2D eigenvalue weighted by atomic mass is 79.9. The lowest BCUT2D eigenvalue weighted by Gasteiger charge is -2.18. The molecule has 0 saturated heterocycles. The van der Waals surface area contributed by atoms with Crippen LogP contribution < -0.4 is 4.74 Å². The number of nitrogens with zero attached hydrogens (tertiary/aromatic N) is 1. The molecule has 0 saturated carbocycles. The third-order valence-corrected chi connectivity index (χ3v) is 4.44. The zero-order valence-corrected chi connectivity index (χ0v) is 15.8. The van der Waals surface area contributed by atoms with Crippen LogP contribution >= 0.6 is 43.5 Å². The Labute approximate surface area is 145 Å². The van der Waals surface area contributed by atoms with E-state index in [-0.39, 0.29) is 12.4 Å². The Balaban J connectivity index is 2.44. The lowest BCUT2D eigenvalue weighted by molar-refractivity contribution is -0.128. The average Bonchev–Trinajstić information content (AvgIpc) is 2.36. The molecule has 1 heterocycles. The molecule has 1 aromatic carbocycles. The summed E-state index contributed by atoms with van der Waals surface area (Å²) in [5.41, 5.74) is 0.174. The van der Waals surface area contributed by atoms with Gasteiger partial charge in [0.25, 0.3) is 0 Å². The number of carbonyl (C=O) groups is 1. The molecular weight excluding hydrogens is 421 g/mol. The predicted molar refractivity (Wildman–Crippen MR) is 92.1 cm³/mol. The largest absolute Gasteiger partial charge is 0.482 e. The second-order valence-corrected chi connectivity index (χ2v) is 7.76. The van der Waals surface area contributed by atoms with E-state index in [0.717, 1.165) is 14.3 Å². The van der Waals surface area contributed by atoms with Gasteiger partial charge in [0.1, 0.15) is 17.3 Å². The van der Waals surface area contributed by atoms with E-state index in [9.17, 15) is 4.79 Å². The number of benzene rings is 1. The van der Waals surface area contributed by atoms with Gasteiger partial charge >= 0.3 is 0 Å². The lowest BCUT2D eigenvalue weighted by Crippen LogP contribution is -2.26. The highest BCUT2D eigenvalue weighted by Crippen LogP contribution is 2.38. The van der Waals surface area contributed by atoms with Crippen molar-refractivity contribution in [3.63, 3.8) is 0 Å². The first-order valence-electron chi connectivity index (χ1n) is 6.30. The number of rotatable bonds is 3. The van der Waals surface area contributed by atoms with Gasteiger partial charge in [-0.2, -0.15) is 0 Å². The van der Waals surface area contributed by atoms with E-state index in [1.54, 1.807) is 6.07 Å². The number of pyridine rings is 1. The van der Waals surface area contributed by atoms with E-state index in [0.29, 0.717) is 16.4 Å². The Hall–Kier alpha value is -0.650. The maximum atomic E-state index is 12.0. The smallest absolute Gasteiger partial charge is 0.175 e. The van der Waals surface area contributed by atoms with Crippen molar-refractivity contribution in [2.45, 2.75) is 20.8 Å². The van der Waals surface area contributed by atoms with Crippen molar-refractivity contribution in [1.29, 1.82) is 0 Å². The molecule has 0 radical (unpaired) electrons. The number of hydrogen-bond donors (Lipinski definition) is 0. The molecule has 0 spiro atoms. The third kappa shape index (κ3) is 3.76. The molecule has 0 amide bonds. The highest BCUT2D eigenvalue weighted by Gasteiger charge is 2.23. The standard InChI is InChI=1S/C15H14Br2ClNO2/c1-15(2,3)11(20)7-21-14-10(17)6-9(16)8-4-5-12(18)19-13(8)14/h4-6H,7H2,1-3H3. The molecule has 0 aliphatic rings. The van der Waals surface area contributed by atoms with Crippen molar-refractivity contribution in [2.24, 2.45) is 5.41 Å². The van der Waals surface area contributed by atoms with Crippen LogP contribution in [-0.2, 0) is 4.79 Å². The molecule has 0 bridgehead atoms. The van der Waals surface area contributed by atoms with Gasteiger partial charge in [-0.25, -0.2) is 4.98 Å². The summed E-state index contributed by atoms with van der Waals surface area (Å²) in [4.78, 5) is 16.3. The van der Waals surface area contributed by atoms with Crippen LogP contribution in [0.25, 0.3) is 10.9 Å². The fraction of sp³-hybridized carbons (Fsp3) is 0.333. The molecule has 0 atom stereocenters. The Morgan fingerprint density at radius 2 is 1.95 bits per heavy atom. The quantitative estimate of drug-likeness (QED) is 0.606. The first-order valence-corrected chi connectivity index (χ1v) is 8.27. The van der Waals surface area contributed by atoms with Gasteiger partial charge in [0, 0.05) is 15.3 Å². The second-order valence-electron chi connectivity index (χ2n) is 5.66. The summed E-state index contributed by atoms with van der Waals surface area (Å²) >= 11 is 12.9. The van der Waals surface area contributed by atoms with Crippen LogP contribution in [0.1, 0.15) is 20.8 Å². The molecule has 2 rings (SSSR count). The summed E-state index contributed by atoms with van der Waals surface area (Å²) in [5.74, 6) is 0.542. The van der Waals surface area contributed by atoms with E-state index in [2.05, 4.69) is 36.8 Å². The first-order chi connectivity index (χ1) is 9.70. The van der Waals surface area contributed by atoms with Crippen molar-refractivity contribution in [3.8, 4) is 5.75 Å². The number of aromatic nitrogens is 1. The minimum atomic E-state index is -0.442. The maximum Gasteiger partial charge on any atom is 0.175 e. The molecule has 3 nitrogen and oxygen atoms in total. The number of fused-ring (bicyclic) bond motifs is 1. The molecule has 0 aliphatic carbocycles. The Morgan fingerprint density at radius 3 is 2.57 bits per heavy atom. The topological polar surface area (TPSA) is 39.2 Å². The van der Waals surface area contributed by atoms with Gasteiger partial charge in [-0.15, -0.1) is 0 Å². The minimum absolute atomic E-state index is 0.00692. The van der Waals surface area contributed by atoms with Crippen molar-refractivity contribution in [2.75, 3.05) is 6.61 Å². The number of Topliss-reactive ketones (excluding diaryl/α,β-unsaturated/α-hetero) is 1. The molecule has 112 valence electrons. The van der Waals surface area contributed by atoms with E-state index in [4.69, 9.17) is 16.3 Å². The molecular formula is C15H14Br2ClNO2. The van der Waals surface area contributed by atoms with Gasteiger partial charge < -0.3 is 4.74 Å². The summed E-state index contributed by atoms with van der Waals surface area (Å²) in [7, 11) is 0. The fourth-order valence-corrected chi connectivity index (χ4v) is 3.20. The van der Waals surface area contributed by atoms with Crippen molar-refractivity contribution in [1.82, 2.24) is 4.98 Å². The van der Waals surface area contributed by atoms with Crippen LogP contribution in [0.2, 0.25) is 5.15 Å². The zero-order chi connectivity index (χ0) is 15.8. The van der Waals surface area contributed by atoms with Gasteiger partial charge in [-0.05, 0) is 34.1 Å². The van der Waals surface area contributed by atoms with E-state index in [1.165, 1.54) is 0 Å². The monoisotopic (exact) mass is 433 g/mol. The molecule has 0 aliphatic heterocycles. The van der Waals surface area contributed by atoms with Crippen LogP contribution in [0, 0.1) is 5.41 Å². The number of halogens is 3. The molecule has 6 heteroatoms. The van der Waals surface area contributed by atoms with Gasteiger partial charge in [0.2, 0.25) is 0 Å². The molecule has 1 aromatic heterocycles. The number of ketones is 1. The molecule has 0 fully saturated rings. The van der Waals surface area contributed by atoms with Gasteiger partial charge in [-0.3, -0.25) is 4.79 Å².